The van der Waals surface area contributed by atoms with E-state index >= 15 is 0 Å². The summed E-state index contributed by atoms with van der Waals surface area (Å²) in [6, 6.07) is 11.5. The van der Waals surface area contributed by atoms with Crippen LogP contribution in [0.2, 0.25) is 0 Å². The molecule has 9 heteroatoms. The summed E-state index contributed by atoms with van der Waals surface area (Å²) in [6.07, 6.45) is -4.59. The Morgan fingerprint density at radius 3 is 2.43 bits per heavy atom. The Labute approximate surface area is 167 Å². The van der Waals surface area contributed by atoms with Gasteiger partial charge in [-0.1, -0.05) is 12.1 Å². The Morgan fingerprint density at radius 2 is 1.86 bits per heavy atom. The Hall–Kier alpha value is -2.29. The lowest BCUT2D eigenvalue weighted by atomic mass is 10.1. The quantitative estimate of drug-likeness (QED) is 0.679. The van der Waals surface area contributed by atoms with Crippen LogP contribution in [0.5, 0.6) is 5.75 Å². The van der Waals surface area contributed by atoms with Crippen molar-refractivity contribution in [1.82, 2.24) is 0 Å². The van der Waals surface area contributed by atoms with Crippen LogP contribution in [0.4, 0.5) is 18.9 Å². The third-order valence-electron chi connectivity index (χ3n) is 3.81. The molecule has 5 nitrogen and oxygen atoms in total. The van der Waals surface area contributed by atoms with Crippen LogP contribution in [0.1, 0.15) is 17.5 Å². The summed E-state index contributed by atoms with van der Waals surface area (Å²) in [6.45, 7) is 0.244. The van der Waals surface area contributed by atoms with Gasteiger partial charge in [0.2, 0.25) is 5.91 Å². The molecule has 0 heterocycles. The summed E-state index contributed by atoms with van der Waals surface area (Å²) in [5.74, 6) is 0.243. The maximum atomic E-state index is 12.7. The van der Waals surface area contributed by atoms with Gasteiger partial charge in [-0.15, -0.1) is 12.4 Å². The molecule has 0 radical (unpaired) electrons. The van der Waals surface area contributed by atoms with Gasteiger partial charge in [-0.25, -0.2) is 0 Å². The van der Waals surface area contributed by atoms with Gasteiger partial charge in [0.05, 0.1) is 18.1 Å². The normalized spacial score (nSPS) is 12.0. The van der Waals surface area contributed by atoms with Crippen molar-refractivity contribution in [2.45, 2.75) is 25.3 Å². The molecule has 2 aromatic carbocycles. The number of nitrogens with two attached hydrogens (primary N) is 1. The predicted molar refractivity (Wildman–Crippen MR) is 103 cm³/mol. The zero-order valence-electron chi connectivity index (χ0n) is 15.2. The van der Waals surface area contributed by atoms with E-state index in [1.165, 1.54) is 13.2 Å². The number of carbonyl (C=O) groups is 1. The van der Waals surface area contributed by atoms with Crippen LogP contribution < -0.4 is 15.8 Å². The number of methoxy groups -OCH3 is 1. The van der Waals surface area contributed by atoms with Gasteiger partial charge in [0.15, 0.2) is 0 Å². The molecule has 1 atom stereocenters. The molecule has 154 valence electrons. The number of halogens is 4. The van der Waals surface area contributed by atoms with Crippen molar-refractivity contribution in [3.8, 4) is 5.75 Å². The maximum absolute atomic E-state index is 12.7. The molecule has 0 aliphatic carbocycles. The fourth-order valence-electron chi connectivity index (χ4n) is 2.32. The molecule has 28 heavy (non-hydrogen) atoms. The first-order valence-electron chi connectivity index (χ1n) is 8.23. The van der Waals surface area contributed by atoms with E-state index in [1.807, 2.05) is 0 Å². The number of hydrogen-bond donors (Lipinski definition) is 2. The number of alkyl halides is 3. The largest absolute Gasteiger partial charge is 0.489 e. The van der Waals surface area contributed by atoms with Crippen LogP contribution >= 0.6 is 12.4 Å². The highest BCUT2D eigenvalue weighted by Gasteiger charge is 2.30. The van der Waals surface area contributed by atoms with Crippen LogP contribution in [0.15, 0.2) is 48.5 Å². The smallest absolute Gasteiger partial charge is 0.416 e. The minimum atomic E-state index is -4.39. The highest BCUT2D eigenvalue weighted by atomic mass is 35.5. The van der Waals surface area contributed by atoms with Crippen molar-refractivity contribution in [2.24, 2.45) is 5.73 Å². The number of rotatable bonds is 8. The minimum absolute atomic E-state index is 0. The number of amides is 1. The van der Waals surface area contributed by atoms with Gasteiger partial charge < -0.3 is 20.5 Å². The molecule has 0 aromatic heterocycles. The van der Waals surface area contributed by atoms with Crippen LogP contribution in [-0.2, 0) is 22.3 Å². The van der Waals surface area contributed by atoms with Gasteiger partial charge >= 0.3 is 6.18 Å². The number of carbonyl (C=O) groups excluding carboxylic acids is 1. The van der Waals surface area contributed by atoms with Gasteiger partial charge in [-0.05, 0) is 42.0 Å². The lowest BCUT2D eigenvalue weighted by Crippen LogP contribution is -2.28. The molecule has 0 aliphatic heterocycles. The van der Waals surface area contributed by atoms with Crippen molar-refractivity contribution in [3.63, 3.8) is 0 Å². The second kappa shape index (κ2) is 10.9. The Balaban J connectivity index is 0.00000392. The third-order valence-corrected chi connectivity index (χ3v) is 3.81. The molecule has 1 unspecified atom stereocenters. The van der Waals surface area contributed by atoms with Crippen molar-refractivity contribution >= 4 is 24.0 Å². The number of ether oxygens (including phenoxy) is 2. The van der Waals surface area contributed by atoms with Gasteiger partial charge in [-0.2, -0.15) is 13.2 Å². The van der Waals surface area contributed by atoms with Crippen LogP contribution in [-0.4, -0.2) is 25.7 Å². The molecule has 2 rings (SSSR count). The summed E-state index contributed by atoms with van der Waals surface area (Å²) >= 11 is 0. The van der Waals surface area contributed by atoms with Crippen molar-refractivity contribution in [3.05, 3.63) is 59.7 Å². The third kappa shape index (κ3) is 7.38. The summed E-state index contributed by atoms with van der Waals surface area (Å²) in [5.41, 5.74) is 5.74. The SMILES string of the molecule is COC(CN)CC(=O)Nc1ccc(OCc2cccc(C(F)(F)F)c2)cc1.Cl. The van der Waals surface area contributed by atoms with Crippen molar-refractivity contribution < 1.29 is 27.4 Å². The molecular weight excluding hydrogens is 397 g/mol. The molecule has 0 fully saturated rings. The van der Waals surface area contributed by atoms with Gasteiger partial charge in [0, 0.05) is 19.3 Å². The number of hydrogen-bond acceptors (Lipinski definition) is 4. The second-order valence-electron chi connectivity index (χ2n) is 5.86. The number of nitrogens with one attached hydrogen (secondary N) is 1. The average molecular weight is 419 g/mol. The molecule has 0 bridgehead atoms. The van der Waals surface area contributed by atoms with Gasteiger partial charge in [-0.3, -0.25) is 4.79 Å². The molecular formula is C19H22ClF3N2O3. The summed E-state index contributed by atoms with van der Waals surface area (Å²) in [4.78, 5) is 11.9. The zero-order valence-corrected chi connectivity index (χ0v) is 16.0. The van der Waals surface area contributed by atoms with Crippen molar-refractivity contribution in [2.75, 3.05) is 19.0 Å². The highest BCUT2D eigenvalue weighted by Crippen LogP contribution is 2.29. The number of anilines is 1. The van der Waals surface area contributed by atoms with E-state index in [-0.39, 0.29) is 44.0 Å². The summed E-state index contributed by atoms with van der Waals surface area (Å²) in [7, 11) is 1.49. The standard InChI is InChI=1S/C19H21F3N2O3.ClH/c1-26-17(11-23)10-18(25)24-15-5-7-16(8-6-15)27-12-13-3-2-4-14(9-13)19(20,21)22;/h2-9,17H,10-12,23H2,1H3,(H,24,25);1H. The molecule has 0 spiro atoms. The van der Waals surface area contributed by atoms with E-state index in [0.717, 1.165) is 12.1 Å². The van der Waals surface area contributed by atoms with E-state index in [0.29, 0.717) is 17.0 Å². The molecule has 1 amide bonds. The van der Waals surface area contributed by atoms with E-state index in [9.17, 15) is 18.0 Å². The fourth-order valence-corrected chi connectivity index (χ4v) is 2.32. The Morgan fingerprint density at radius 1 is 1.18 bits per heavy atom. The van der Waals surface area contributed by atoms with Gasteiger partial charge in [0.1, 0.15) is 12.4 Å². The Bertz CT molecular complexity index is 751. The lowest BCUT2D eigenvalue weighted by Gasteiger charge is -2.13. The minimum Gasteiger partial charge on any atom is -0.489 e. The first kappa shape index (κ1) is 23.7. The topological polar surface area (TPSA) is 73.6 Å². The molecule has 3 N–H and O–H groups in total. The van der Waals surface area contributed by atoms with E-state index < -0.39 is 11.7 Å². The van der Waals surface area contributed by atoms with E-state index in [1.54, 1.807) is 30.3 Å². The van der Waals surface area contributed by atoms with E-state index in [4.69, 9.17) is 15.2 Å². The maximum Gasteiger partial charge on any atom is 0.416 e. The van der Waals surface area contributed by atoms with Crippen LogP contribution in [0, 0.1) is 0 Å². The fraction of sp³-hybridized carbons (Fsp3) is 0.316. The highest BCUT2D eigenvalue weighted by molar-refractivity contribution is 5.91. The average Bonchev–Trinajstić information content (AvgIpc) is 2.65. The summed E-state index contributed by atoms with van der Waals surface area (Å²) in [5, 5.41) is 2.71. The van der Waals surface area contributed by atoms with Crippen molar-refractivity contribution in [1.29, 1.82) is 0 Å². The number of benzene rings is 2. The van der Waals surface area contributed by atoms with Gasteiger partial charge in [0.25, 0.3) is 0 Å². The molecule has 0 saturated heterocycles. The first-order chi connectivity index (χ1) is 12.8. The Kier molecular flexibility index (Phi) is 9.24. The van der Waals surface area contributed by atoms with Crippen LogP contribution in [0.3, 0.4) is 0 Å². The summed E-state index contributed by atoms with van der Waals surface area (Å²) < 4.78 is 48.7. The van der Waals surface area contributed by atoms with E-state index in [2.05, 4.69) is 5.32 Å². The predicted octanol–water partition coefficient (Wildman–Crippen LogP) is 4.01. The lowest BCUT2D eigenvalue weighted by molar-refractivity contribution is -0.137. The monoisotopic (exact) mass is 418 g/mol. The molecule has 0 aliphatic rings. The second-order valence-corrected chi connectivity index (χ2v) is 5.86. The van der Waals surface area contributed by atoms with Crippen LogP contribution in [0.25, 0.3) is 0 Å². The first-order valence-corrected chi connectivity index (χ1v) is 8.23. The zero-order chi connectivity index (χ0) is 19.9. The molecule has 0 saturated carbocycles. The molecule has 2 aromatic rings.